The van der Waals surface area contributed by atoms with Crippen LogP contribution in [0.3, 0.4) is 0 Å². The van der Waals surface area contributed by atoms with Gasteiger partial charge in [0.15, 0.2) is 5.82 Å². The normalized spacial score (nSPS) is 15.9. The summed E-state index contributed by atoms with van der Waals surface area (Å²) >= 11 is 0. The summed E-state index contributed by atoms with van der Waals surface area (Å²) in [6, 6.07) is 0. The van der Waals surface area contributed by atoms with Crippen molar-refractivity contribution in [2.75, 3.05) is 19.3 Å². The van der Waals surface area contributed by atoms with Crippen molar-refractivity contribution in [1.82, 2.24) is 15.1 Å². The summed E-state index contributed by atoms with van der Waals surface area (Å²) in [5.74, 6) is 0.931. The summed E-state index contributed by atoms with van der Waals surface area (Å²) in [6.45, 7) is 2.64. The SMILES string of the molecule is Cc1[nH]nc(N)c1C(=O)N(C)CC1CCC1. The number of carbonyl (C=O) groups is 1. The number of hydrogen-bond donors (Lipinski definition) is 2. The van der Waals surface area contributed by atoms with E-state index < -0.39 is 0 Å². The molecule has 0 aliphatic heterocycles. The second kappa shape index (κ2) is 4.15. The van der Waals surface area contributed by atoms with E-state index in [1.807, 2.05) is 14.0 Å². The van der Waals surface area contributed by atoms with Crippen LogP contribution in [0.15, 0.2) is 0 Å². The zero-order valence-corrected chi connectivity index (χ0v) is 9.79. The molecule has 2 rings (SSSR count). The first-order valence-electron chi connectivity index (χ1n) is 5.65. The molecule has 0 spiro atoms. The van der Waals surface area contributed by atoms with Gasteiger partial charge >= 0.3 is 0 Å². The molecule has 1 fully saturated rings. The van der Waals surface area contributed by atoms with Crippen LogP contribution in [0.2, 0.25) is 0 Å². The minimum Gasteiger partial charge on any atom is -0.382 e. The fourth-order valence-corrected chi connectivity index (χ4v) is 2.05. The molecule has 1 aliphatic carbocycles. The Morgan fingerprint density at radius 2 is 2.31 bits per heavy atom. The van der Waals surface area contributed by atoms with Crippen LogP contribution in [0.25, 0.3) is 0 Å². The van der Waals surface area contributed by atoms with Gasteiger partial charge in [0.25, 0.3) is 5.91 Å². The molecule has 5 heteroatoms. The van der Waals surface area contributed by atoms with Crippen molar-refractivity contribution < 1.29 is 4.79 Å². The minimum atomic E-state index is -0.0318. The number of nitrogens with one attached hydrogen (secondary N) is 1. The largest absolute Gasteiger partial charge is 0.382 e. The summed E-state index contributed by atoms with van der Waals surface area (Å²) in [4.78, 5) is 13.9. The number of nitrogens with zero attached hydrogens (tertiary/aromatic N) is 2. The number of nitrogen functional groups attached to an aromatic ring is 1. The molecule has 0 unspecified atom stereocenters. The third-order valence-corrected chi connectivity index (χ3v) is 3.29. The highest BCUT2D eigenvalue weighted by Gasteiger charge is 2.24. The van der Waals surface area contributed by atoms with E-state index in [0.29, 0.717) is 17.3 Å². The van der Waals surface area contributed by atoms with Gasteiger partial charge < -0.3 is 10.6 Å². The Labute approximate surface area is 95.0 Å². The van der Waals surface area contributed by atoms with E-state index in [2.05, 4.69) is 10.2 Å². The molecule has 1 aliphatic rings. The van der Waals surface area contributed by atoms with Gasteiger partial charge in [0.2, 0.25) is 0 Å². The van der Waals surface area contributed by atoms with Gasteiger partial charge in [-0.1, -0.05) is 6.42 Å². The molecule has 1 aromatic rings. The first-order chi connectivity index (χ1) is 7.59. The lowest BCUT2D eigenvalue weighted by Crippen LogP contribution is -2.34. The van der Waals surface area contributed by atoms with E-state index in [0.717, 1.165) is 12.2 Å². The molecule has 1 aromatic heterocycles. The predicted octanol–water partition coefficient (Wildman–Crippen LogP) is 1.17. The fourth-order valence-electron chi connectivity index (χ4n) is 2.05. The van der Waals surface area contributed by atoms with E-state index >= 15 is 0 Å². The molecule has 1 amide bonds. The third kappa shape index (κ3) is 1.89. The standard InChI is InChI=1S/C11H18N4O/c1-7-9(10(12)14-13-7)11(16)15(2)6-8-4-3-5-8/h8H,3-6H2,1-2H3,(H3,12,13,14). The second-order valence-electron chi connectivity index (χ2n) is 4.59. The minimum absolute atomic E-state index is 0.0318. The lowest BCUT2D eigenvalue weighted by molar-refractivity contribution is 0.0745. The van der Waals surface area contributed by atoms with Crippen molar-refractivity contribution >= 4 is 11.7 Å². The van der Waals surface area contributed by atoms with Crippen LogP contribution < -0.4 is 5.73 Å². The Morgan fingerprint density at radius 1 is 1.62 bits per heavy atom. The monoisotopic (exact) mass is 222 g/mol. The molecule has 0 saturated heterocycles. The van der Waals surface area contributed by atoms with Gasteiger partial charge in [0.1, 0.15) is 5.56 Å². The lowest BCUT2D eigenvalue weighted by atomic mass is 9.85. The molecule has 0 radical (unpaired) electrons. The maximum absolute atomic E-state index is 12.1. The molecule has 0 aromatic carbocycles. The van der Waals surface area contributed by atoms with Gasteiger partial charge in [-0.3, -0.25) is 9.89 Å². The average molecular weight is 222 g/mol. The Bertz CT molecular complexity index is 375. The summed E-state index contributed by atoms with van der Waals surface area (Å²) in [5.41, 5.74) is 6.92. The van der Waals surface area contributed by atoms with Gasteiger partial charge in [0, 0.05) is 19.3 Å². The van der Waals surface area contributed by atoms with Gasteiger partial charge in [-0.2, -0.15) is 5.10 Å². The van der Waals surface area contributed by atoms with Gasteiger partial charge in [-0.15, -0.1) is 0 Å². The van der Waals surface area contributed by atoms with Crippen LogP contribution in [0.4, 0.5) is 5.82 Å². The Kier molecular flexibility index (Phi) is 2.85. The molecule has 1 saturated carbocycles. The predicted molar refractivity (Wildman–Crippen MR) is 62.0 cm³/mol. The van der Waals surface area contributed by atoms with E-state index in [4.69, 9.17) is 5.73 Å². The number of H-pyrrole nitrogens is 1. The van der Waals surface area contributed by atoms with Crippen LogP contribution in [0.5, 0.6) is 0 Å². The molecular weight excluding hydrogens is 204 g/mol. The fraction of sp³-hybridized carbons (Fsp3) is 0.636. The molecule has 1 heterocycles. The summed E-state index contributed by atoms with van der Waals surface area (Å²) in [6.07, 6.45) is 3.76. The number of nitrogens with two attached hydrogens (primary N) is 1. The molecule has 0 atom stereocenters. The van der Waals surface area contributed by atoms with Crippen molar-refractivity contribution in [3.8, 4) is 0 Å². The lowest BCUT2D eigenvalue weighted by Gasteiger charge is -2.30. The maximum atomic E-state index is 12.1. The summed E-state index contributed by atoms with van der Waals surface area (Å²) in [7, 11) is 1.83. The first kappa shape index (κ1) is 11.0. The highest BCUT2D eigenvalue weighted by atomic mass is 16.2. The van der Waals surface area contributed by atoms with Crippen molar-refractivity contribution in [2.24, 2.45) is 5.92 Å². The molecule has 5 nitrogen and oxygen atoms in total. The number of aromatic nitrogens is 2. The number of rotatable bonds is 3. The Balaban J connectivity index is 2.05. The number of aromatic amines is 1. The quantitative estimate of drug-likeness (QED) is 0.806. The van der Waals surface area contributed by atoms with Gasteiger partial charge in [-0.05, 0) is 25.7 Å². The topological polar surface area (TPSA) is 75.0 Å². The van der Waals surface area contributed by atoms with Crippen molar-refractivity contribution in [2.45, 2.75) is 26.2 Å². The van der Waals surface area contributed by atoms with Crippen molar-refractivity contribution in [3.63, 3.8) is 0 Å². The zero-order valence-electron chi connectivity index (χ0n) is 9.79. The molecular formula is C11H18N4O. The maximum Gasteiger partial charge on any atom is 0.259 e. The second-order valence-corrected chi connectivity index (χ2v) is 4.59. The van der Waals surface area contributed by atoms with Gasteiger partial charge in [0.05, 0.1) is 0 Å². The number of carbonyl (C=O) groups excluding carboxylic acids is 1. The zero-order chi connectivity index (χ0) is 11.7. The Morgan fingerprint density at radius 3 is 2.75 bits per heavy atom. The van der Waals surface area contributed by atoms with Gasteiger partial charge in [-0.25, -0.2) is 0 Å². The first-order valence-corrected chi connectivity index (χ1v) is 5.65. The summed E-state index contributed by atoms with van der Waals surface area (Å²) in [5, 5.41) is 6.57. The van der Waals surface area contributed by atoms with Crippen LogP contribution in [-0.2, 0) is 0 Å². The highest BCUT2D eigenvalue weighted by Crippen LogP contribution is 2.27. The van der Waals surface area contributed by atoms with Crippen LogP contribution >= 0.6 is 0 Å². The smallest absolute Gasteiger partial charge is 0.259 e. The molecule has 88 valence electrons. The number of amides is 1. The van der Waals surface area contributed by atoms with Crippen LogP contribution in [0, 0.1) is 12.8 Å². The third-order valence-electron chi connectivity index (χ3n) is 3.29. The highest BCUT2D eigenvalue weighted by molar-refractivity contribution is 5.99. The van der Waals surface area contributed by atoms with E-state index in [1.165, 1.54) is 19.3 Å². The molecule has 16 heavy (non-hydrogen) atoms. The molecule has 3 N–H and O–H groups in total. The average Bonchev–Trinajstić information content (AvgIpc) is 2.51. The Hall–Kier alpha value is -1.52. The number of hydrogen-bond acceptors (Lipinski definition) is 3. The summed E-state index contributed by atoms with van der Waals surface area (Å²) < 4.78 is 0. The van der Waals surface area contributed by atoms with Crippen molar-refractivity contribution in [1.29, 1.82) is 0 Å². The van der Waals surface area contributed by atoms with E-state index in [1.54, 1.807) is 4.90 Å². The van der Waals surface area contributed by atoms with E-state index in [9.17, 15) is 4.79 Å². The van der Waals surface area contributed by atoms with Crippen molar-refractivity contribution in [3.05, 3.63) is 11.3 Å². The van der Waals surface area contributed by atoms with E-state index in [-0.39, 0.29) is 5.91 Å². The number of anilines is 1. The number of aryl methyl sites for hydroxylation is 1. The van der Waals surface area contributed by atoms with Crippen LogP contribution in [0.1, 0.15) is 35.3 Å². The molecule has 0 bridgehead atoms. The van der Waals surface area contributed by atoms with Crippen LogP contribution in [-0.4, -0.2) is 34.6 Å².